The zero-order chi connectivity index (χ0) is 11.8. The fourth-order valence-electron chi connectivity index (χ4n) is 2.60. The molecule has 4 nitrogen and oxygen atoms in total. The third-order valence-electron chi connectivity index (χ3n) is 4.13. The number of primary amides is 1. The van der Waals surface area contributed by atoms with Crippen molar-refractivity contribution in [3.63, 3.8) is 0 Å². The molecular weight excluding hydrogens is 202 g/mol. The normalized spacial score (nSPS) is 27.6. The molecule has 0 radical (unpaired) electrons. The molecule has 0 aromatic heterocycles. The van der Waals surface area contributed by atoms with Gasteiger partial charge >= 0.3 is 0 Å². The van der Waals surface area contributed by atoms with E-state index in [1.165, 1.54) is 12.8 Å². The molecule has 1 saturated carbocycles. The number of carbonyl (C=O) groups excluding carboxylic acids is 1. The number of likely N-dealkylation sites (tertiary alicyclic amines) is 1. The minimum absolute atomic E-state index is 0.323. The van der Waals surface area contributed by atoms with Crippen molar-refractivity contribution in [1.29, 1.82) is 0 Å². The van der Waals surface area contributed by atoms with E-state index in [9.17, 15) is 4.79 Å². The van der Waals surface area contributed by atoms with Crippen LogP contribution in [-0.4, -0.2) is 36.0 Å². The molecule has 1 heterocycles. The van der Waals surface area contributed by atoms with E-state index in [2.05, 4.69) is 11.8 Å². The zero-order valence-electron chi connectivity index (χ0n) is 10.1. The molecule has 1 aliphatic carbocycles. The van der Waals surface area contributed by atoms with Crippen LogP contribution in [-0.2, 0) is 4.79 Å². The number of hydrogen-bond acceptors (Lipinski definition) is 3. The number of hydrogen-bond donors (Lipinski definition) is 2. The Morgan fingerprint density at radius 1 is 1.31 bits per heavy atom. The van der Waals surface area contributed by atoms with Crippen molar-refractivity contribution in [2.24, 2.45) is 23.3 Å². The van der Waals surface area contributed by atoms with Crippen molar-refractivity contribution in [1.82, 2.24) is 4.90 Å². The van der Waals surface area contributed by atoms with Crippen LogP contribution in [0.2, 0.25) is 0 Å². The predicted molar refractivity (Wildman–Crippen MR) is 63.7 cm³/mol. The second kappa shape index (κ2) is 4.34. The van der Waals surface area contributed by atoms with E-state index in [-0.39, 0.29) is 5.91 Å². The van der Waals surface area contributed by atoms with Gasteiger partial charge in [0.25, 0.3) is 0 Å². The van der Waals surface area contributed by atoms with Crippen LogP contribution in [0.3, 0.4) is 0 Å². The lowest BCUT2D eigenvalue weighted by Crippen LogP contribution is -2.61. The summed E-state index contributed by atoms with van der Waals surface area (Å²) in [6, 6.07) is 0. The fraction of sp³-hybridized carbons (Fsp3) is 0.917. The van der Waals surface area contributed by atoms with Gasteiger partial charge < -0.3 is 16.4 Å². The SMILES string of the molecule is CC1CCN(CC(N)(C(N)=O)C2CC2)CC1. The van der Waals surface area contributed by atoms with Gasteiger partial charge in [-0.05, 0) is 50.6 Å². The monoisotopic (exact) mass is 225 g/mol. The van der Waals surface area contributed by atoms with Crippen molar-refractivity contribution < 1.29 is 4.79 Å². The van der Waals surface area contributed by atoms with Crippen molar-refractivity contribution in [2.75, 3.05) is 19.6 Å². The minimum atomic E-state index is -0.777. The van der Waals surface area contributed by atoms with Gasteiger partial charge in [0, 0.05) is 6.54 Å². The van der Waals surface area contributed by atoms with E-state index < -0.39 is 5.54 Å². The van der Waals surface area contributed by atoms with Crippen LogP contribution in [0, 0.1) is 11.8 Å². The quantitative estimate of drug-likeness (QED) is 0.723. The van der Waals surface area contributed by atoms with Crippen LogP contribution in [0.4, 0.5) is 0 Å². The summed E-state index contributed by atoms with van der Waals surface area (Å²) >= 11 is 0. The maximum absolute atomic E-state index is 11.5. The number of nitrogens with two attached hydrogens (primary N) is 2. The first-order chi connectivity index (χ1) is 7.52. The van der Waals surface area contributed by atoms with Gasteiger partial charge in [-0.1, -0.05) is 6.92 Å². The fourth-order valence-corrected chi connectivity index (χ4v) is 2.60. The van der Waals surface area contributed by atoms with Crippen LogP contribution >= 0.6 is 0 Å². The highest BCUT2D eigenvalue weighted by atomic mass is 16.1. The first-order valence-electron chi connectivity index (χ1n) is 6.33. The summed E-state index contributed by atoms with van der Waals surface area (Å²) in [7, 11) is 0. The maximum Gasteiger partial charge on any atom is 0.239 e. The van der Waals surface area contributed by atoms with Crippen LogP contribution < -0.4 is 11.5 Å². The van der Waals surface area contributed by atoms with E-state index in [1.807, 2.05) is 0 Å². The maximum atomic E-state index is 11.5. The van der Waals surface area contributed by atoms with E-state index in [0.717, 1.165) is 31.8 Å². The molecule has 4 N–H and O–H groups in total. The van der Waals surface area contributed by atoms with Crippen molar-refractivity contribution in [2.45, 2.75) is 38.1 Å². The Morgan fingerprint density at radius 3 is 2.31 bits per heavy atom. The molecule has 1 amide bonds. The second-order valence-electron chi connectivity index (χ2n) is 5.64. The smallest absolute Gasteiger partial charge is 0.239 e. The highest BCUT2D eigenvalue weighted by Crippen LogP contribution is 2.39. The van der Waals surface area contributed by atoms with Gasteiger partial charge in [0.1, 0.15) is 5.54 Å². The molecule has 92 valence electrons. The summed E-state index contributed by atoms with van der Waals surface area (Å²) < 4.78 is 0. The Morgan fingerprint density at radius 2 is 1.88 bits per heavy atom. The highest BCUT2D eigenvalue weighted by molar-refractivity contribution is 5.85. The lowest BCUT2D eigenvalue weighted by molar-refractivity contribution is -0.124. The summed E-state index contributed by atoms with van der Waals surface area (Å²) in [5.74, 6) is 0.802. The summed E-state index contributed by atoms with van der Waals surface area (Å²) in [6.07, 6.45) is 4.53. The van der Waals surface area contributed by atoms with Gasteiger partial charge in [0.2, 0.25) is 5.91 Å². The van der Waals surface area contributed by atoms with Crippen LogP contribution in [0.15, 0.2) is 0 Å². The standard InChI is InChI=1S/C12H23N3O/c1-9-4-6-15(7-5-9)8-12(14,11(13)16)10-2-3-10/h9-10H,2-8,14H2,1H3,(H2,13,16). The van der Waals surface area contributed by atoms with Crippen molar-refractivity contribution in [3.05, 3.63) is 0 Å². The lowest BCUT2D eigenvalue weighted by atomic mass is 9.91. The Hall–Kier alpha value is -0.610. The van der Waals surface area contributed by atoms with Gasteiger partial charge in [0.15, 0.2) is 0 Å². The molecule has 2 rings (SSSR count). The topological polar surface area (TPSA) is 72.3 Å². The summed E-state index contributed by atoms with van der Waals surface area (Å²) in [4.78, 5) is 13.8. The summed E-state index contributed by atoms with van der Waals surface area (Å²) in [5.41, 5.74) is 10.9. The molecule has 0 spiro atoms. The van der Waals surface area contributed by atoms with Gasteiger partial charge in [0.05, 0.1) is 0 Å². The molecule has 0 aromatic rings. The van der Waals surface area contributed by atoms with Gasteiger partial charge in [-0.3, -0.25) is 4.79 Å². The zero-order valence-corrected chi connectivity index (χ0v) is 10.1. The first kappa shape index (κ1) is 11.9. The average Bonchev–Trinajstić information content (AvgIpc) is 3.04. The summed E-state index contributed by atoms with van der Waals surface area (Å²) in [6.45, 7) is 5.04. The molecule has 2 fully saturated rings. The molecule has 1 atom stereocenters. The molecule has 1 aliphatic heterocycles. The predicted octanol–water partition coefficient (Wildman–Crippen LogP) is 0.311. The lowest BCUT2D eigenvalue weighted by Gasteiger charge is -2.36. The largest absolute Gasteiger partial charge is 0.368 e. The first-order valence-corrected chi connectivity index (χ1v) is 6.33. The minimum Gasteiger partial charge on any atom is -0.368 e. The average molecular weight is 225 g/mol. The molecule has 4 heteroatoms. The Labute approximate surface area is 97.3 Å². The van der Waals surface area contributed by atoms with E-state index in [4.69, 9.17) is 11.5 Å². The van der Waals surface area contributed by atoms with E-state index in [1.54, 1.807) is 0 Å². The second-order valence-corrected chi connectivity index (χ2v) is 5.64. The molecule has 0 bridgehead atoms. The van der Waals surface area contributed by atoms with Crippen LogP contribution in [0.1, 0.15) is 32.6 Å². The van der Waals surface area contributed by atoms with Crippen molar-refractivity contribution in [3.8, 4) is 0 Å². The molecule has 1 saturated heterocycles. The summed E-state index contributed by atoms with van der Waals surface area (Å²) in [5, 5.41) is 0. The number of carbonyl (C=O) groups is 1. The number of amides is 1. The highest BCUT2D eigenvalue weighted by Gasteiger charge is 2.47. The molecular formula is C12H23N3O. The van der Waals surface area contributed by atoms with Gasteiger partial charge in [-0.25, -0.2) is 0 Å². The Balaban J connectivity index is 1.93. The van der Waals surface area contributed by atoms with E-state index >= 15 is 0 Å². The van der Waals surface area contributed by atoms with Gasteiger partial charge in [-0.2, -0.15) is 0 Å². The van der Waals surface area contributed by atoms with Crippen LogP contribution in [0.25, 0.3) is 0 Å². The number of nitrogens with zero attached hydrogens (tertiary/aromatic N) is 1. The number of piperidine rings is 1. The molecule has 2 aliphatic rings. The Bertz CT molecular complexity index is 269. The Kier molecular flexibility index (Phi) is 3.22. The third kappa shape index (κ3) is 2.38. The molecule has 0 aromatic carbocycles. The number of rotatable bonds is 4. The van der Waals surface area contributed by atoms with Crippen molar-refractivity contribution >= 4 is 5.91 Å². The molecule has 1 unspecified atom stereocenters. The van der Waals surface area contributed by atoms with Gasteiger partial charge in [-0.15, -0.1) is 0 Å². The molecule has 16 heavy (non-hydrogen) atoms. The third-order valence-corrected chi connectivity index (χ3v) is 4.13. The van der Waals surface area contributed by atoms with Crippen LogP contribution in [0.5, 0.6) is 0 Å². The van der Waals surface area contributed by atoms with E-state index in [0.29, 0.717) is 12.5 Å².